The third-order valence-electron chi connectivity index (χ3n) is 3.34. The molecule has 0 atom stereocenters. The average Bonchev–Trinajstić information content (AvgIpc) is 2.44. The molecule has 2 aromatic rings. The summed E-state index contributed by atoms with van der Waals surface area (Å²) in [7, 11) is 0. The molecule has 3 heteroatoms. The van der Waals surface area contributed by atoms with Crippen molar-refractivity contribution in [3.63, 3.8) is 0 Å². The van der Waals surface area contributed by atoms with Gasteiger partial charge < -0.3 is 5.73 Å². The Balaban J connectivity index is 2.10. The normalized spacial score (nSPS) is 11.7. The average molecular weight is 271 g/mol. The number of pyridine rings is 1. The second-order valence-corrected chi connectivity index (χ2v) is 5.77. The maximum absolute atomic E-state index is 5.63. The molecular formula is C17H25N3. The first-order valence-corrected chi connectivity index (χ1v) is 7.46. The van der Waals surface area contributed by atoms with Gasteiger partial charge in [-0.3, -0.25) is 9.88 Å². The number of fused-ring (bicyclic) bond motifs is 1. The van der Waals surface area contributed by atoms with Gasteiger partial charge in [-0.25, -0.2) is 0 Å². The quantitative estimate of drug-likeness (QED) is 0.841. The van der Waals surface area contributed by atoms with Crippen molar-refractivity contribution >= 4 is 10.9 Å². The van der Waals surface area contributed by atoms with E-state index >= 15 is 0 Å². The van der Waals surface area contributed by atoms with Gasteiger partial charge >= 0.3 is 0 Å². The fraction of sp³-hybridized carbons (Fsp3) is 0.471. The van der Waals surface area contributed by atoms with Crippen LogP contribution in [-0.4, -0.2) is 29.5 Å². The zero-order valence-electron chi connectivity index (χ0n) is 12.5. The van der Waals surface area contributed by atoms with Crippen LogP contribution in [0.15, 0.2) is 36.4 Å². The topological polar surface area (TPSA) is 42.1 Å². The number of hydrogen-bond donors (Lipinski definition) is 1. The minimum absolute atomic E-state index is 0.660. The van der Waals surface area contributed by atoms with Gasteiger partial charge in [0.1, 0.15) is 0 Å². The SMILES string of the molecule is CC(C)CN(CCCN)Cc1ccc2ccccc2n1. The number of hydrogen-bond acceptors (Lipinski definition) is 3. The van der Waals surface area contributed by atoms with Crippen molar-refractivity contribution in [2.45, 2.75) is 26.8 Å². The highest BCUT2D eigenvalue weighted by Gasteiger charge is 2.09. The van der Waals surface area contributed by atoms with Crippen LogP contribution in [-0.2, 0) is 6.54 Å². The van der Waals surface area contributed by atoms with Gasteiger partial charge in [-0.05, 0) is 37.6 Å². The molecule has 20 heavy (non-hydrogen) atoms. The van der Waals surface area contributed by atoms with E-state index in [1.54, 1.807) is 0 Å². The van der Waals surface area contributed by atoms with Gasteiger partial charge in [-0.15, -0.1) is 0 Å². The molecule has 0 aliphatic heterocycles. The molecule has 2 N–H and O–H groups in total. The number of rotatable bonds is 7. The van der Waals surface area contributed by atoms with Crippen LogP contribution in [0.2, 0.25) is 0 Å². The lowest BCUT2D eigenvalue weighted by atomic mass is 10.1. The Bertz CT molecular complexity index is 537. The number of nitrogens with zero attached hydrogens (tertiary/aromatic N) is 2. The molecule has 0 bridgehead atoms. The molecular weight excluding hydrogens is 246 g/mol. The summed E-state index contributed by atoms with van der Waals surface area (Å²) in [6, 6.07) is 12.6. The lowest BCUT2D eigenvalue weighted by Crippen LogP contribution is -2.30. The first-order chi connectivity index (χ1) is 9.69. The second kappa shape index (κ2) is 7.36. The predicted octanol–water partition coefficient (Wildman–Crippen LogP) is 3.04. The molecule has 0 saturated carbocycles. The molecule has 1 heterocycles. The minimum atomic E-state index is 0.660. The van der Waals surface area contributed by atoms with E-state index in [0.717, 1.165) is 43.8 Å². The van der Waals surface area contributed by atoms with E-state index in [0.29, 0.717) is 5.92 Å². The Kier molecular flexibility index (Phi) is 5.50. The minimum Gasteiger partial charge on any atom is -0.330 e. The Morgan fingerprint density at radius 1 is 1.15 bits per heavy atom. The molecule has 0 radical (unpaired) electrons. The first-order valence-electron chi connectivity index (χ1n) is 7.46. The molecule has 0 spiro atoms. The van der Waals surface area contributed by atoms with Crippen molar-refractivity contribution < 1.29 is 0 Å². The molecule has 108 valence electrons. The van der Waals surface area contributed by atoms with Crippen LogP contribution >= 0.6 is 0 Å². The third-order valence-corrected chi connectivity index (χ3v) is 3.34. The van der Waals surface area contributed by atoms with Gasteiger partial charge in [0.15, 0.2) is 0 Å². The van der Waals surface area contributed by atoms with E-state index in [1.165, 1.54) is 5.39 Å². The summed E-state index contributed by atoms with van der Waals surface area (Å²) in [4.78, 5) is 7.21. The van der Waals surface area contributed by atoms with Crippen molar-refractivity contribution in [2.75, 3.05) is 19.6 Å². The Morgan fingerprint density at radius 3 is 2.70 bits per heavy atom. The van der Waals surface area contributed by atoms with Crippen LogP contribution in [0, 0.1) is 5.92 Å². The molecule has 0 amide bonds. The van der Waals surface area contributed by atoms with Crippen LogP contribution in [0.3, 0.4) is 0 Å². The zero-order valence-corrected chi connectivity index (χ0v) is 12.5. The third kappa shape index (κ3) is 4.29. The van der Waals surface area contributed by atoms with Gasteiger partial charge in [0, 0.05) is 18.5 Å². The van der Waals surface area contributed by atoms with Crippen molar-refractivity contribution in [1.29, 1.82) is 0 Å². The summed E-state index contributed by atoms with van der Waals surface area (Å²) >= 11 is 0. The molecule has 1 aromatic heterocycles. The fourth-order valence-electron chi connectivity index (χ4n) is 2.49. The van der Waals surface area contributed by atoms with E-state index in [4.69, 9.17) is 10.7 Å². The Labute approximate surface area is 121 Å². The van der Waals surface area contributed by atoms with E-state index in [1.807, 2.05) is 6.07 Å². The fourth-order valence-corrected chi connectivity index (χ4v) is 2.49. The second-order valence-electron chi connectivity index (χ2n) is 5.77. The summed E-state index contributed by atoms with van der Waals surface area (Å²) in [6.45, 7) is 8.30. The molecule has 0 saturated heterocycles. The summed E-state index contributed by atoms with van der Waals surface area (Å²) in [5.74, 6) is 0.660. The maximum Gasteiger partial charge on any atom is 0.0705 e. The van der Waals surface area contributed by atoms with E-state index in [9.17, 15) is 0 Å². The van der Waals surface area contributed by atoms with Crippen molar-refractivity contribution in [3.8, 4) is 0 Å². The molecule has 1 aromatic carbocycles. The van der Waals surface area contributed by atoms with E-state index in [-0.39, 0.29) is 0 Å². The predicted molar refractivity (Wildman–Crippen MR) is 85.5 cm³/mol. The molecule has 0 aliphatic carbocycles. The number of benzene rings is 1. The van der Waals surface area contributed by atoms with Crippen LogP contribution in [0.25, 0.3) is 10.9 Å². The molecule has 2 rings (SSSR count). The lowest BCUT2D eigenvalue weighted by Gasteiger charge is -2.23. The van der Waals surface area contributed by atoms with Crippen molar-refractivity contribution in [1.82, 2.24) is 9.88 Å². The highest BCUT2D eigenvalue weighted by atomic mass is 15.1. The van der Waals surface area contributed by atoms with Crippen LogP contribution in [0.5, 0.6) is 0 Å². The van der Waals surface area contributed by atoms with Crippen LogP contribution < -0.4 is 5.73 Å². The lowest BCUT2D eigenvalue weighted by molar-refractivity contribution is 0.232. The first kappa shape index (κ1) is 14.9. The Morgan fingerprint density at radius 2 is 1.95 bits per heavy atom. The van der Waals surface area contributed by atoms with Gasteiger partial charge in [0.2, 0.25) is 0 Å². The van der Waals surface area contributed by atoms with Crippen molar-refractivity contribution in [3.05, 3.63) is 42.1 Å². The smallest absolute Gasteiger partial charge is 0.0705 e. The molecule has 0 aliphatic rings. The monoisotopic (exact) mass is 271 g/mol. The van der Waals surface area contributed by atoms with Gasteiger partial charge in [-0.2, -0.15) is 0 Å². The van der Waals surface area contributed by atoms with Gasteiger partial charge in [0.05, 0.1) is 11.2 Å². The summed E-state index contributed by atoms with van der Waals surface area (Å²) < 4.78 is 0. The molecule has 0 fully saturated rings. The van der Waals surface area contributed by atoms with E-state index < -0.39 is 0 Å². The summed E-state index contributed by atoms with van der Waals surface area (Å²) in [5, 5.41) is 1.20. The Hall–Kier alpha value is -1.45. The van der Waals surface area contributed by atoms with Gasteiger partial charge in [0.25, 0.3) is 0 Å². The van der Waals surface area contributed by atoms with Crippen LogP contribution in [0.4, 0.5) is 0 Å². The maximum atomic E-state index is 5.63. The van der Waals surface area contributed by atoms with Crippen LogP contribution in [0.1, 0.15) is 26.0 Å². The number of aromatic nitrogens is 1. The molecule has 3 nitrogen and oxygen atoms in total. The van der Waals surface area contributed by atoms with Crippen molar-refractivity contribution in [2.24, 2.45) is 11.7 Å². The summed E-state index contributed by atoms with van der Waals surface area (Å²) in [5.41, 5.74) is 7.85. The summed E-state index contributed by atoms with van der Waals surface area (Å²) in [6.07, 6.45) is 1.04. The number of nitrogens with two attached hydrogens (primary N) is 1. The largest absolute Gasteiger partial charge is 0.330 e. The highest BCUT2D eigenvalue weighted by Crippen LogP contribution is 2.13. The van der Waals surface area contributed by atoms with E-state index in [2.05, 4.69) is 49.1 Å². The highest BCUT2D eigenvalue weighted by molar-refractivity contribution is 5.78. The molecule has 0 unspecified atom stereocenters. The number of para-hydroxylation sites is 1. The zero-order chi connectivity index (χ0) is 14.4. The van der Waals surface area contributed by atoms with Gasteiger partial charge in [-0.1, -0.05) is 38.1 Å². The standard InChI is InChI=1S/C17H25N3/c1-14(2)12-20(11-5-10-18)13-16-9-8-15-6-3-4-7-17(15)19-16/h3-4,6-9,14H,5,10-13,18H2,1-2H3.